The molecule has 0 saturated carbocycles. The summed E-state index contributed by atoms with van der Waals surface area (Å²) in [7, 11) is 0. The zero-order valence-corrected chi connectivity index (χ0v) is 9.93. The third-order valence-electron chi connectivity index (χ3n) is 2.88. The second-order valence-corrected chi connectivity index (χ2v) is 4.17. The number of anilines is 1. The summed E-state index contributed by atoms with van der Waals surface area (Å²) in [6, 6.07) is 2.91. The van der Waals surface area contributed by atoms with Gasteiger partial charge in [0.15, 0.2) is 0 Å². The molecule has 98 valence electrons. The van der Waals surface area contributed by atoms with Crippen LogP contribution in [0.3, 0.4) is 0 Å². The van der Waals surface area contributed by atoms with Gasteiger partial charge in [-0.05, 0) is 23.6 Å². The Labute approximate surface area is 108 Å². The van der Waals surface area contributed by atoms with Crippen molar-refractivity contribution >= 4 is 17.7 Å². The smallest absolute Gasteiger partial charge is 0.339 e. The number of carboxylic acids is 1. The van der Waals surface area contributed by atoms with Gasteiger partial charge in [-0.25, -0.2) is 9.78 Å². The third kappa shape index (κ3) is 2.63. The van der Waals surface area contributed by atoms with E-state index in [1.807, 2.05) is 0 Å². The number of carbonyl (C=O) groups is 2. The molecule has 0 radical (unpaired) electrons. The summed E-state index contributed by atoms with van der Waals surface area (Å²) in [5.74, 6) is -1.30. The van der Waals surface area contributed by atoms with Gasteiger partial charge in [0.1, 0.15) is 11.4 Å². The largest absolute Gasteiger partial charge is 0.478 e. The summed E-state index contributed by atoms with van der Waals surface area (Å²) in [5, 5.41) is 12.5. The monoisotopic (exact) mass is 261 g/mol. The van der Waals surface area contributed by atoms with Crippen molar-refractivity contribution in [2.75, 3.05) is 18.0 Å². The normalized spacial score (nSPS) is 18.2. The first kappa shape index (κ1) is 12.8. The molecule has 1 aromatic rings. The Balaban J connectivity index is 2.25. The standard InChI is InChI=1S/C11H11N5O3/c12-15-14-5-7-4-9(17)16(6-7)10-8(11(18)19)2-1-3-13-10/h1-3,7H,4-6H2,(H,18,19). The average Bonchev–Trinajstić information content (AvgIpc) is 2.77. The Bertz CT molecular complexity index is 567. The molecule has 1 aliphatic heterocycles. The molecule has 0 aliphatic carbocycles. The number of rotatable bonds is 4. The lowest BCUT2D eigenvalue weighted by atomic mass is 10.1. The van der Waals surface area contributed by atoms with Crippen molar-refractivity contribution in [1.29, 1.82) is 0 Å². The van der Waals surface area contributed by atoms with E-state index in [1.165, 1.54) is 23.2 Å². The van der Waals surface area contributed by atoms with Crippen molar-refractivity contribution in [2.24, 2.45) is 11.0 Å². The molecule has 1 unspecified atom stereocenters. The van der Waals surface area contributed by atoms with Crippen LogP contribution in [0.1, 0.15) is 16.8 Å². The molecule has 8 heteroatoms. The second kappa shape index (κ2) is 5.36. The summed E-state index contributed by atoms with van der Waals surface area (Å²) in [6.07, 6.45) is 1.67. The van der Waals surface area contributed by atoms with E-state index in [9.17, 15) is 9.59 Å². The predicted molar refractivity (Wildman–Crippen MR) is 65.7 cm³/mol. The lowest BCUT2D eigenvalue weighted by Crippen LogP contribution is -2.27. The summed E-state index contributed by atoms with van der Waals surface area (Å²) in [5.41, 5.74) is 8.25. The molecule has 1 aliphatic rings. The fourth-order valence-corrected chi connectivity index (χ4v) is 2.04. The molecular formula is C11H11N5O3. The van der Waals surface area contributed by atoms with Gasteiger partial charge in [-0.1, -0.05) is 5.11 Å². The van der Waals surface area contributed by atoms with Gasteiger partial charge < -0.3 is 5.11 Å². The summed E-state index contributed by atoms with van der Waals surface area (Å²) < 4.78 is 0. The molecular weight excluding hydrogens is 250 g/mol. The van der Waals surface area contributed by atoms with E-state index in [4.69, 9.17) is 10.6 Å². The zero-order valence-electron chi connectivity index (χ0n) is 9.93. The minimum absolute atomic E-state index is 0.0136. The number of azide groups is 1. The molecule has 1 fully saturated rings. The SMILES string of the molecule is [N-]=[N+]=NCC1CC(=O)N(c2ncccc2C(=O)O)C1. The molecule has 1 N–H and O–H groups in total. The topological polar surface area (TPSA) is 119 Å². The van der Waals surface area contributed by atoms with Gasteiger partial charge in [-0.2, -0.15) is 0 Å². The number of aromatic nitrogens is 1. The maximum Gasteiger partial charge on any atom is 0.339 e. The average molecular weight is 261 g/mol. The molecule has 0 bridgehead atoms. The van der Waals surface area contributed by atoms with Gasteiger partial charge in [0.05, 0.1) is 0 Å². The lowest BCUT2D eigenvalue weighted by molar-refractivity contribution is -0.117. The van der Waals surface area contributed by atoms with Crippen LogP contribution in [0.15, 0.2) is 23.4 Å². The minimum Gasteiger partial charge on any atom is -0.478 e. The fourth-order valence-electron chi connectivity index (χ4n) is 2.04. The number of pyridine rings is 1. The molecule has 8 nitrogen and oxygen atoms in total. The highest BCUT2D eigenvalue weighted by Crippen LogP contribution is 2.26. The first-order valence-electron chi connectivity index (χ1n) is 5.63. The molecule has 1 aromatic heterocycles. The number of carboxylic acid groups (broad SMARTS) is 1. The number of amides is 1. The first-order valence-corrected chi connectivity index (χ1v) is 5.63. The summed E-state index contributed by atoms with van der Waals surface area (Å²) in [6.45, 7) is 0.531. The summed E-state index contributed by atoms with van der Waals surface area (Å²) >= 11 is 0. The van der Waals surface area contributed by atoms with E-state index >= 15 is 0 Å². The third-order valence-corrected chi connectivity index (χ3v) is 2.88. The van der Waals surface area contributed by atoms with Crippen molar-refractivity contribution < 1.29 is 14.7 Å². The Morgan fingerprint density at radius 3 is 3.16 bits per heavy atom. The van der Waals surface area contributed by atoms with Gasteiger partial charge in [0.25, 0.3) is 0 Å². The van der Waals surface area contributed by atoms with Crippen molar-refractivity contribution in [3.63, 3.8) is 0 Å². The van der Waals surface area contributed by atoms with E-state index in [0.717, 1.165) is 0 Å². The van der Waals surface area contributed by atoms with Gasteiger partial charge in [0, 0.05) is 30.6 Å². The molecule has 0 spiro atoms. The van der Waals surface area contributed by atoms with Crippen molar-refractivity contribution in [2.45, 2.75) is 6.42 Å². The molecule has 1 saturated heterocycles. The number of nitrogens with zero attached hydrogens (tertiary/aromatic N) is 5. The number of hydrogen-bond acceptors (Lipinski definition) is 4. The molecule has 2 heterocycles. The molecule has 1 amide bonds. The molecule has 2 rings (SSSR count). The molecule has 1 atom stereocenters. The van der Waals surface area contributed by atoms with Crippen LogP contribution >= 0.6 is 0 Å². The van der Waals surface area contributed by atoms with Crippen LogP contribution in [0.25, 0.3) is 10.4 Å². The van der Waals surface area contributed by atoms with Crippen LogP contribution in [-0.2, 0) is 4.79 Å². The second-order valence-electron chi connectivity index (χ2n) is 4.17. The van der Waals surface area contributed by atoms with Crippen molar-refractivity contribution in [3.05, 3.63) is 34.3 Å². The minimum atomic E-state index is -1.13. The van der Waals surface area contributed by atoms with Crippen LogP contribution in [0.4, 0.5) is 5.82 Å². The van der Waals surface area contributed by atoms with Gasteiger partial charge in [0.2, 0.25) is 5.91 Å². The van der Waals surface area contributed by atoms with Crippen molar-refractivity contribution in [3.8, 4) is 0 Å². The molecule has 19 heavy (non-hydrogen) atoms. The van der Waals surface area contributed by atoms with E-state index in [2.05, 4.69) is 15.0 Å². The van der Waals surface area contributed by atoms with Gasteiger partial charge in [-0.3, -0.25) is 9.69 Å². The maximum atomic E-state index is 11.9. The zero-order chi connectivity index (χ0) is 13.8. The number of hydrogen-bond donors (Lipinski definition) is 1. The molecule has 0 aromatic carbocycles. The van der Waals surface area contributed by atoms with Crippen LogP contribution in [0.5, 0.6) is 0 Å². The van der Waals surface area contributed by atoms with E-state index in [0.29, 0.717) is 6.54 Å². The van der Waals surface area contributed by atoms with Gasteiger partial charge >= 0.3 is 5.97 Å². The summed E-state index contributed by atoms with van der Waals surface area (Å²) in [4.78, 5) is 30.9. The highest BCUT2D eigenvalue weighted by atomic mass is 16.4. The fraction of sp³-hybridized carbons (Fsp3) is 0.364. The quantitative estimate of drug-likeness (QED) is 0.501. The van der Waals surface area contributed by atoms with E-state index in [1.54, 1.807) is 0 Å². The Morgan fingerprint density at radius 1 is 1.68 bits per heavy atom. The van der Waals surface area contributed by atoms with E-state index in [-0.39, 0.29) is 36.2 Å². The van der Waals surface area contributed by atoms with Crippen LogP contribution in [0, 0.1) is 5.92 Å². The predicted octanol–water partition coefficient (Wildman–Crippen LogP) is 1.44. The van der Waals surface area contributed by atoms with Gasteiger partial charge in [-0.15, -0.1) is 0 Å². The van der Waals surface area contributed by atoms with Crippen LogP contribution < -0.4 is 4.90 Å². The highest BCUT2D eigenvalue weighted by Gasteiger charge is 2.33. The lowest BCUT2D eigenvalue weighted by Gasteiger charge is -2.17. The highest BCUT2D eigenvalue weighted by molar-refractivity contribution is 6.01. The Morgan fingerprint density at radius 2 is 2.47 bits per heavy atom. The number of aromatic carboxylic acids is 1. The Kier molecular flexibility index (Phi) is 3.63. The van der Waals surface area contributed by atoms with Crippen LogP contribution in [0.2, 0.25) is 0 Å². The first-order chi connectivity index (χ1) is 9.13. The van der Waals surface area contributed by atoms with E-state index < -0.39 is 5.97 Å². The maximum absolute atomic E-state index is 11.9. The number of carbonyl (C=O) groups excluding carboxylic acids is 1. The van der Waals surface area contributed by atoms with Crippen molar-refractivity contribution in [1.82, 2.24) is 4.98 Å². The Hall–Kier alpha value is -2.60. The van der Waals surface area contributed by atoms with Crippen LogP contribution in [-0.4, -0.2) is 35.1 Å².